The van der Waals surface area contributed by atoms with Gasteiger partial charge in [0.2, 0.25) is 0 Å². The molecule has 0 aliphatic rings. The highest BCUT2D eigenvalue weighted by molar-refractivity contribution is 5.16. The zero-order chi connectivity index (χ0) is 5.82. The Bertz CT molecular complexity index is 146. The molecule has 0 spiro atoms. The molecule has 0 aliphatic carbocycles. The number of benzene rings is 1. The van der Waals surface area contributed by atoms with E-state index in [4.69, 9.17) is 1.37 Å². The molecule has 0 fully saturated rings. The predicted molar refractivity (Wildman–Crippen MR) is 30.9 cm³/mol. The van der Waals surface area contributed by atoms with Gasteiger partial charge in [-0.1, -0.05) is 30.3 Å². The Balaban J connectivity index is 2.83. The average molecular weight is 92.1 g/mol. The Kier molecular flexibility index (Phi) is 0.828. The van der Waals surface area contributed by atoms with Crippen molar-refractivity contribution < 1.29 is 1.37 Å². The van der Waals surface area contributed by atoms with E-state index in [0.717, 1.165) is 5.56 Å². The van der Waals surface area contributed by atoms with Gasteiger partial charge in [-0.25, -0.2) is 0 Å². The molecule has 35 valence electrons. The minimum absolute atomic E-state index is 0.951. The van der Waals surface area contributed by atoms with Gasteiger partial charge in [0.25, 0.3) is 0 Å². The van der Waals surface area contributed by atoms with Crippen LogP contribution in [0, 0.1) is 6.90 Å². The summed E-state index contributed by atoms with van der Waals surface area (Å²) in [6.07, 6.45) is 0. The van der Waals surface area contributed by atoms with Crippen molar-refractivity contribution in [2.75, 3.05) is 0 Å². The lowest BCUT2D eigenvalue weighted by Crippen LogP contribution is -1.62. The Hall–Kier alpha value is -0.780. The van der Waals surface area contributed by atoms with Gasteiger partial charge in [-0.3, -0.25) is 0 Å². The summed E-state index contributed by atoms with van der Waals surface area (Å²) in [6.45, 7) is 1.33. The first kappa shape index (κ1) is 3.25. The second-order valence-corrected chi connectivity index (χ2v) is 1.41. The van der Waals surface area contributed by atoms with Crippen LogP contribution in [0.15, 0.2) is 30.3 Å². The van der Waals surface area contributed by atoms with Gasteiger partial charge in [-0.15, -0.1) is 0 Å². The topological polar surface area (TPSA) is 0 Å². The fourth-order valence-electron chi connectivity index (χ4n) is 0.453. The molecule has 0 atom stereocenters. The molecule has 1 rings (SSSR count). The van der Waals surface area contributed by atoms with Gasteiger partial charge in [0.15, 0.2) is 0 Å². The van der Waals surface area contributed by atoms with E-state index < -0.39 is 0 Å². The van der Waals surface area contributed by atoms with E-state index in [-0.39, 0.29) is 0 Å². The lowest BCUT2D eigenvalue weighted by Gasteiger charge is -1.82. The van der Waals surface area contributed by atoms with E-state index in [1.54, 1.807) is 0 Å². The zero-order valence-electron chi connectivity index (χ0n) is 4.96. The monoisotopic (exact) mass is 92.1 g/mol. The van der Waals surface area contributed by atoms with Gasteiger partial charge in [-0.2, -0.15) is 0 Å². The molecule has 0 saturated carbocycles. The van der Waals surface area contributed by atoms with Crippen LogP contribution in [0.2, 0.25) is 0 Å². The first-order valence-electron chi connectivity index (χ1n) is 2.78. The van der Waals surface area contributed by atoms with Crippen molar-refractivity contribution in [2.24, 2.45) is 0 Å². The third kappa shape index (κ3) is 1.04. The van der Waals surface area contributed by atoms with Crippen molar-refractivity contribution in [3.8, 4) is 0 Å². The number of rotatable bonds is 1. The van der Waals surface area contributed by atoms with Crippen LogP contribution in [-0.2, 0) is 0 Å². The molecule has 1 aromatic carbocycles. The van der Waals surface area contributed by atoms with Crippen LogP contribution in [0.1, 0.15) is 6.93 Å². The van der Waals surface area contributed by atoms with Crippen LogP contribution >= 0.6 is 0 Å². The maximum absolute atomic E-state index is 6.82. The maximum atomic E-state index is 6.82. The fourth-order valence-corrected chi connectivity index (χ4v) is 0.453. The molecule has 0 saturated heterocycles. The highest BCUT2D eigenvalue weighted by atomic mass is 13.8. The smallest absolute Gasteiger partial charge is 0.0319 e. The van der Waals surface area contributed by atoms with Crippen LogP contribution in [0.4, 0.5) is 0 Å². The molecule has 0 aliphatic heterocycles. The van der Waals surface area contributed by atoms with E-state index in [1.165, 1.54) is 6.90 Å². The van der Waals surface area contributed by atoms with Crippen LogP contribution in [0.5, 0.6) is 0 Å². The first-order valence-corrected chi connectivity index (χ1v) is 2.20. The highest BCUT2D eigenvalue weighted by Gasteiger charge is 1.72. The average Bonchev–Trinajstić information content (AvgIpc) is 1.90. The molecule has 0 aromatic heterocycles. The lowest BCUT2D eigenvalue weighted by atomic mass is 10.2. The summed E-state index contributed by atoms with van der Waals surface area (Å²) < 4.78 is 6.82. The van der Waals surface area contributed by atoms with Gasteiger partial charge >= 0.3 is 0 Å². The summed E-state index contributed by atoms with van der Waals surface area (Å²) in [6, 6.07) is 9.56. The predicted octanol–water partition coefficient (Wildman–Crippen LogP) is 1.87. The summed E-state index contributed by atoms with van der Waals surface area (Å²) in [4.78, 5) is 0. The summed E-state index contributed by atoms with van der Waals surface area (Å²) >= 11 is 0. The molecule has 0 nitrogen and oxygen atoms in total. The third-order valence-electron chi connectivity index (χ3n) is 0.800. The lowest BCUT2D eigenvalue weighted by molar-refractivity contribution is 1.62. The molecule has 0 bridgehead atoms. The summed E-state index contributed by atoms with van der Waals surface area (Å²) in [5.74, 6) is 0. The number of hydrogen-bond acceptors (Lipinski definition) is 0. The Morgan fingerprint density at radius 1 is 1.29 bits per heavy atom. The van der Waals surface area contributed by atoms with Gasteiger partial charge in [0, 0.05) is 1.37 Å². The molecule has 0 amide bonds. The quantitative estimate of drug-likeness (QED) is 0.496. The molecule has 0 heterocycles. The van der Waals surface area contributed by atoms with Crippen molar-refractivity contribution in [1.82, 2.24) is 0 Å². The Morgan fingerprint density at radius 2 is 2.00 bits per heavy atom. The van der Waals surface area contributed by atoms with Crippen LogP contribution in [0.25, 0.3) is 0 Å². The standard InChI is InChI=1S/C7H7/c1-7-5-3-2-4-6-7/h2-6H,1H2/i1D. The van der Waals surface area contributed by atoms with E-state index >= 15 is 0 Å². The van der Waals surface area contributed by atoms with Gasteiger partial charge in [0.05, 0.1) is 0 Å². The largest absolute Gasteiger partial charge is 0.0622 e. The second kappa shape index (κ2) is 1.78. The summed E-state index contributed by atoms with van der Waals surface area (Å²) in [5, 5.41) is 0. The molecule has 0 N–H and O–H groups in total. The molecule has 0 unspecified atom stereocenters. The van der Waals surface area contributed by atoms with Gasteiger partial charge < -0.3 is 0 Å². The molecule has 0 heteroatoms. The molecule has 7 heavy (non-hydrogen) atoms. The molecular formula is C7H7. The molecule has 1 aromatic rings. The summed E-state index contributed by atoms with van der Waals surface area (Å²) in [5.41, 5.74) is 0.951. The van der Waals surface area contributed by atoms with Crippen molar-refractivity contribution in [3.63, 3.8) is 0 Å². The van der Waals surface area contributed by atoms with Gasteiger partial charge in [0.1, 0.15) is 0 Å². The first-order chi connectivity index (χ1) is 3.93. The molecular weight excluding hydrogens is 84.1 g/mol. The fraction of sp³-hybridized carbons (Fsp3) is 0. The van der Waals surface area contributed by atoms with Crippen molar-refractivity contribution >= 4 is 0 Å². The second-order valence-electron chi connectivity index (χ2n) is 1.41. The Morgan fingerprint density at radius 3 is 2.43 bits per heavy atom. The highest BCUT2D eigenvalue weighted by Crippen LogP contribution is 1.92. The van der Waals surface area contributed by atoms with Crippen molar-refractivity contribution in [2.45, 2.75) is 0 Å². The zero-order valence-corrected chi connectivity index (χ0v) is 3.96. The summed E-state index contributed by atoms with van der Waals surface area (Å²) in [7, 11) is 0. The van der Waals surface area contributed by atoms with E-state index in [2.05, 4.69) is 0 Å². The maximum Gasteiger partial charge on any atom is 0.0319 e. The van der Waals surface area contributed by atoms with Crippen LogP contribution in [-0.4, -0.2) is 0 Å². The third-order valence-corrected chi connectivity index (χ3v) is 0.800. The van der Waals surface area contributed by atoms with Gasteiger partial charge in [-0.05, 0) is 12.5 Å². The number of hydrogen-bond donors (Lipinski definition) is 0. The van der Waals surface area contributed by atoms with E-state index in [0.29, 0.717) is 0 Å². The Labute approximate surface area is 45.2 Å². The van der Waals surface area contributed by atoms with E-state index in [1.807, 2.05) is 30.3 Å². The molecule has 1 radical (unpaired) electrons. The SMILES string of the molecule is [2H][CH]c1ccccc1. The minimum atomic E-state index is 0.951. The van der Waals surface area contributed by atoms with Crippen LogP contribution in [0.3, 0.4) is 0 Å². The van der Waals surface area contributed by atoms with Crippen LogP contribution < -0.4 is 0 Å². The van der Waals surface area contributed by atoms with E-state index in [9.17, 15) is 0 Å². The normalized spacial score (nSPS) is 10.6. The minimum Gasteiger partial charge on any atom is -0.0622 e. The van der Waals surface area contributed by atoms with Crippen molar-refractivity contribution in [3.05, 3.63) is 42.8 Å². The van der Waals surface area contributed by atoms with Crippen molar-refractivity contribution in [1.29, 1.82) is 0 Å².